The molecule has 1 aliphatic heterocycles. The fourth-order valence-electron chi connectivity index (χ4n) is 2.74. The Morgan fingerprint density at radius 1 is 1.00 bits per heavy atom. The predicted molar refractivity (Wildman–Crippen MR) is 94.1 cm³/mol. The van der Waals surface area contributed by atoms with Crippen molar-refractivity contribution in [3.8, 4) is 0 Å². The highest BCUT2D eigenvalue weighted by Gasteiger charge is 2.40. The van der Waals surface area contributed by atoms with Gasteiger partial charge < -0.3 is 0 Å². The number of benzene rings is 2. The van der Waals surface area contributed by atoms with Crippen molar-refractivity contribution < 1.29 is 18.0 Å². The van der Waals surface area contributed by atoms with Crippen molar-refractivity contribution in [2.45, 2.75) is 31.0 Å². The van der Waals surface area contributed by atoms with Gasteiger partial charge in [-0.05, 0) is 37.1 Å². The molecule has 2 aromatic carbocycles. The Labute approximate surface area is 148 Å². The second-order valence-electron chi connectivity index (χ2n) is 6.84. The molecule has 0 spiro atoms. The summed E-state index contributed by atoms with van der Waals surface area (Å²) in [6.07, 6.45) is 0. The minimum Gasteiger partial charge on any atom is -0.272 e. The van der Waals surface area contributed by atoms with Crippen LogP contribution >= 0.6 is 0 Å². The highest BCUT2D eigenvalue weighted by Crippen LogP contribution is 2.29. The molecule has 1 saturated heterocycles. The molecule has 25 heavy (non-hydrogen) atoms. The minimum atomic E-state index is -3.45. The van der Waals surface area contributed by atoms with Gasteiger partial charge in [-0.25, -0.2) is 13.5 Å². The van der Waals surface area contributed by atoms with Crippen LogP contribution in [0.3, 0.4) is 0 Å². The summed E-state index contributed by atoms with van der Waals surface area (Å²) < 4.78 is 25.3. The molecule has 1 fully saturated rings. The third kappa shape index (κ3) is 3.75. The van der Waals surface area contributed by atoms with E-state index in [9.17, 15) is 13.2 Å². The number of sulfone groups is 1. The first-order valence-corrected chi connectivity index (χ1v) is 9.74. The quantitative estimate of drug-likeness (QED) is 0.823. The maximum atomic E-state index is 12.6. The molecular formula is C19H21NO4S. The van der Waals surface area contributed by atoms with Gasteiger partial charge in [-0.1, -0.05) is 42.5 Å². The summed E-state index contributed by atoms with van der Waals surface area (Å²) in [6, 6.07) is 15.6. The molecule has 2 aromatic rings. The second-order valence-corrected chi connectivity index (χ2v) is 8.83. The van der Waals surface area contributed by atoms with Gasteiger partial charge in [-0.15, -0.1) is 0 Å². The van der Waals surface area contributed by atoms with Crippen molar-refractivity contribution in [3.05, 3.63) is 65.7 Å². The van der Waals surface area contributed by atoms with Crippen molar-refractivity contribution in [1.82, 2.24) is 5.06 Å². The Kier molecular flexibility index (Phi) is 4.67. The van der Waals surface area contributed by atoms with E-state index >= 15 is 0 Å². The van der Waals surface area contributed by atoms with E-state index in [4.69, 9.17) is 4.84 Å². The summed E-state index contributed by atoms with van der Waals surface area (Å²) in [5, 5.41) is 1.33. The summed E-state index contributed by atoms with van der Waals surface area (Å²) in [5.74, 6) is -0.202. The van der Waals surface area contributed by atoms with Gasteiger partial charge in [0.15, 0.2) is 9.84 Å². The highest BCUT2D eigenvalue weighted by molar-refractivity contribution is 7.90. The summed E-state index contributed by atoms with van der Waals surface area (Å²) in [7, 11) is -3.45. The number of carbonyl (C=O) groups excluding carboxylic acids is 1. The van der Waals surface area contributed by atoms with E-state index in [1.807, 2.05) is 26.0 Å². The molecule has 0 atom stereocenters. The lowest BCUT2D eigenvalue weighted by Gasteiger charge is -2.18. The van der Waals surface area contributed by atoms with Crippen molar-refractivity contribution in [3.63, 3.8) is 0 Å². The van der Waals surface area contributed by atoms with E-state index in [0.29, 0.717) is 17.1 Å². The predicted octanol–water partition coefficient (Wildman–Crippen LogP) is 2.96. The average molecular weight is 359 g/mol. The SMILES string of the molecule is CC1(C)CON(Cc2ccccc2CS(=O)(=O)c2ccccc2)C1=O. The zero-order valence-electron chi connectivity index (χ0n) is 14.3. The van der Waals surface area contributed by atoms with Gasteiger partial charge in [-0.2, -0.15) is 0 Å². The van der Waals surface area contributed by atoms with E-state index in [0.717, 1.165) is 5.56 Å². The normalized spacial score (nSPS) is 17.0. The monoisotopic (exact) mass is 359 g/mol. The molecule has 5 nitrogen and oxygen atoms in total. The maximum absolute atomic E-state index is 12.6. The fourth-order valence-corrected chi connectivity index (χ4v) is 4.17. The van der Waals surface area contributed by atoms with Crippen LogP contribution in [0.15, 0.2) is 59.5 Å². The van der Waals surface area contributed by atoms with Crippen LogP contribution in [0.25, 0.3) is 0 Å². The van der Waals surface area contributed by atoms with Gasteiger partial charge >= 0.3 is 0 Å². The zero-order chi connectivity index (χ0) is 18.1. The Hall–Kier alpha value is -2.18. The number of rotatable bonds is 5. The maximum Gasteiger partial charge on any atom is 0.254 e. The third-order valence-electron chi connectivity index (χ3n) is 4.27. The lowest BCUT2D eigenvalue weighted by molar-refractivity contribution is -0.165. The van der Waals surface area contributed by atoms with Gasteiger partial charge in [0.1, 0.15) is 0 Å². The molecule has 0 saturated carbocycles. The van der Waals surface area contributed by atoms with Crippen molar-refractivity contribution in [2.75, 3.05) is 6.61 Å². The molecule has 6 heteroatoms. The molecule has 1 aliphatic rings. The number of nitrogens with zero attached hydrogens (tertiary/aromatic N) is 1. The average Bonchev–Trinajstić information content (AvgIpc) is 2.84. The fraction of sp³-hybridized carbons (Fsp3) is 0.316. The molecule has 1 amide bonds. The first-order chi connectivity index (χ1) is 11.8. The second kappa shape index (κ2) is 6.61. The molecule has 1 heterocycles. The summed E-state index contributed by atoms with van der Waals surface area (Å²) in [4.78, 5) is 18.1. The Bertz CT molecular complexity index is 875. The first kappa shape index (κ1) is 17.6. The summed E-state index contributed by atoms with van der Waals surface area (Å²) >= 11 is 0. The molecule has 3 rings (SSSR count). The van der Waals surface area contributed by atoms with Crippen LogP contribution in [-0.2, 0) is 31.8 Å². The molecule has 0 radical (unpaired) electrons. The lowest BCUT2D eigenvalue weighted by Crippen LogP contribution is -2.30. The summed E-state index contributed by atoms with van der Waals surface area (Å²) in [6.45, 7) is 4.24. The van der Waals surface area contributed by atoms with Crippen molar-refractivity contribution in [1.29, 1.82) is 0 Å². The molecular weight excluding hydrogens is 338 g/mol. The number of hydroxylamine groups is 2. The van der Waals surface area contributed by atoms with Crippen LogP contribution in [0, 0.1) is 5.41 Å². The van der Waals surface area contributed by atoms with E-state index in [-0.39, 0.29) is 18.2 Å². The van der Waals surface area contributed by atoms with Gasteiger partial charge in [-0.3, -0.25) is 9.63 Å². The zero-order valence-corrected chi connectivity index (χ0v) is 15.1. The van der Waals surface area contributed by atoms with Crippen molar-refractivity contribution in [2.24, 2.45) is 5.41 Å². The Balaban J connectivity index is 1.84. The van der Waals surface area contributed by atoms with Crippen LogP contribution < -0.4 is 0 Å². The number of hydrogen-bond acceptors (Lipinski definition) is 4. The minimum absolute atomic E-state index is 0.0896. The van der Waals surface area contributed by atoms with Crippen LogP contribution in [0.1, 0.15) is 25.0 Å². The van der Waals surface area contributed by atoms with Gasteiger partial charge in [0, 0.05) is 0 Å². The molecule has 132 valence electrons. The third-order valence-corrected chi connectivity index (χ3v) is 5.95. The Morgan fingerprint density at radius 3 is 2.20 bits per heavy atom. The number of hydrogen-bond donors (Lipinski definition) is 0. The summed E-state index contributed by atoms with van der Waals surface area (Å²) in [5.41, 5.74) is 0.894. The van der Waals surface area contributed by atoms with Crippen LogP contribution in [0.5, 0.6) is 0 Å². The Morgan fingerprint density at radius 2 is 1.60 bits per heavy atom. The number of carbonyl (C=O) groups is 1. The molecule has 0 bridgehead atoms. The molecule has 0 aromatic heterocycles. The molecule has 0 aliphatic carbocycles. The van der Waals surface area contributed by atoms with Gasteiger partial charge in [0.2, 0.25) is 0 Å². The first-order valence-electron chi connectivity index (χ1n) is 8.09. The van der Waals surface area contributed by atoms with E-state index in [1.165, 1.54) is 5.06 Å². The van der Waals surface area contributed by atoms with Gasteiger partial charge in [0.05, 0.1) is 29.2 Å². The molecule has 0 N–H and O–H groups in total. The van der Waals surface area contributed by atoms with E-state index in [1.54, 1.807) is 42.5 Å². The van der Waals surface area contributed by atoms with Crippen LogP contribution in [0.2, 0.25) is 0 Å². The number of amides is 1. The van der Waals surface area contributed by atoms with Crippen LogP contribution in [0.4, 0.5) is 0 Å². The largest absolute Gasteiger partial charge is 0.272 e. The van der Waals surface area contributed by atoms with Gasteiger partial charge in [0.25, 0.3) is 5.91 Å². The topological polar surface area (TPSA) is 63.7 Å². The van der Waals surface area contributed by atoms with E-state index < -0.39 is 15.3 Å². The lowest BCUT2D eigenvalue weighted by atomic mass is 9.95. The highest BCUT2D eigenvalue weighted by atomic mass is 32.2. The van der Waals surface area contributed by atoms with Crippen LogP contribution in [-0.4, -0.2) is 26.0 Å². The standard InChI is InChI=1S/C19H21NO4S/c1-19(2)14-24-20(18(19)21)12-15-8-6-7-9-16(15)13-25(22,23)17-10-4-3-5-11-17/h3-11H,12-14H2,1-2H3. The van der Waals surface area contributed by atoms with E-state index in [2.05, 4.69) is 0 Å². The smallest absolute Gasteiger partial charge is 0.254 e. The van der Waals surface area contributed by atoms with Crippen molar-refractivity contribution >= 4 is 15.7 Å². The molecule has 0 unspecified atom stereocenters.